The fourth-order valence-electron chi connectivity index (χ4n) is 1.87. The molecule has 1 atom stereocenters. The molecule has 1 aliphatic heterocycles. The first-order valence-corrected chi connectivity index (χ1v) is 6.99. The molecule has 1 unspecified atom stereocenters. The van der Waals surface area contributed by atoms with Gasteiger partial charge < -0.3 is 0 Å². The van der Waals surface area contributed by atoms with Gasteiger partial charge in [0.25, 0.3) is 0 Å². The standard InChI is InChI=1S/C9H20N2O2S.H2/c1-8(2)11-6-4-5-9(7-11)10-14(3,12)13;/h8-10H,4-7H2,1-3H3;1H. The van der Waals surface area contributed by atoms with Gasteiger partial charge in [-0.05, 0) is 33.2 Å². The van der Waals surface area contributed by atoms with Crippen molar-refractivity contribution in [3.05, 3.63) is 0 Å². The van der Waals surface area contributed by atoms with E-state index in [-0.39, 0.29) is 7.47 Å². The highest BCUT2D eigenvalue weighted by atomic mass is 32.2. The highest BCUT2D eigenvalue weighted by Crippen LogP contribution is 2.13. The van der Waals surface area contributed by atoms with Crippen molar-refractivity contribution in [1.29, 1.82) is 0 Å². The highest BCUT2D eigenvalue weighted by Gasteiger charge is 2.23. The number of hydrogen-bond acceptors (Lipinski definition) is 3. The Morgan fingerprint density at radius 3 is 2.64 bits per heavy atom. The van der Waals surface area contributed by atoms with Crippen LogP contribution in [0.15, 0.2) is 0 Å². The summed E-state index contributed by atoms with van der Waals surface area (Å²) in [6.45, 7) is 6.20. The normalized spacial score (nSPS) is 25.6. The van der Waals surface area contributed by atoms with Crippen molar-refractivity contribution in [3.8, 4) is 0 Å². The molecule has 14 heavy (non-hydrogen) atoms. The second-order valence-electron chi connectivity index (χ2n) is 4.32. The molecule has 0 aliphatic carbocycles. The molecule has 1 N–H and O–H groups in total. The summed E-state index contributed by atoms with van der Waals surface area (Å²) in [4.78, 5) is 2.31. The zero-order valence-electron chi connectivity index (χ0n) is 9.16. The van der Waals surface area contributed by atoms with E-state index in [1.807, 2.05) is 0 Å². The Morgan fingerprint density at radius 2 is 2.14 bits per heavy atom. The van der Waals surface area contributed by atoms with Gasteiger partial charge in [0.2, 0.25) is 10.0 Å². The molecule has 0 spiro atoms. The summed E-state index contributed by atoms with van der Waals surface area (Å²) >= 11 is 0. The van der Waals surface area contributed by atoms with E-state index in [0.29, 0.717) is 6.04 Å². The number of rotatable bonds is 3. The Labute approximate surface area is 88.2 Å². The van der Waals surface area contributed by atoms with Crippen LogP contribution in [-0.2, 0) is 10.0 Å². The fraction of sp³-hybridized carbons (Fsp3) is 1.00. The SMILES string of the molecule is CC(C)N1CCCC(NS(C)(=O)=O)C1.[HH]. The summed E-state index contributed by atoms with van der Waals surface area (Å²) in [6, 6.07) is 0.598. The van der Waals surface area contributed by atoms with E-state index in [2.05, 4.69) is 23.5 Å². The first-order valence-electron chi connectivity index (χ1n) is 5.10. The topological polar surface area (TPSA) is 49.4 Å². The molecule has 0 aromatic carbocycles. The molecule has 0 radical (unpaired) electrons. The van der Waals surface area contributed by atoms with Gasteiger partial charge in [-0.2, -0.15) is 0 Å². The molecule has 0 aromatic rings. The summed E-state index contributed by atoms with van der Waals surface area (Å²) in [5, 5.41) is 0. The van der Waals surface area contributed by atoms with Crippen molar-refractivity contribution in [3.63, 3.8) is 0 Å². The zero-order valence-corrected chi connectivity index (χ0v) is 9.97. The van der Waals surface area contributed by atoms with Gasteiger partial charge in [0.15, 0.2) is 0 Å². The maximum atomic E-state index is 11.0. The number of piperidine rings is 1. The molecule has 0 amide bonds. The number of hydrogen-bond donors (Lipinski definition) is 1. The molecule has 0 saturated carbocycles. The van der Waals surface area contributed by atoms with Gasteiger partial charge in [-0.3, -0.25) is 4.90 Å². The monoisotopic (exact) mass is 222 g/mol. The van der Waals surface area contributed by atoms with Gasteiger partial charge in [0.05, 0.1) is 6.26 Å². The van der Waals surface area contributed by atoms with E-state index in [0.717, 1.165) is 25.9 Å². The smallest absolute Gasteiger partial charge is 0.208 e. The van der Waals surface area contributed by atoms with E-state index in [1.54, 1.807) is 0 Å². The van der Waals surface area contributed by atoms with Crippen LogP contribution in [0.2, 0.25) is 0 Å². The average molecular weight is 222 g/mol. The predicted molar refractivity (Wildman–Crippen MR) is 59.8 cm³/mol. The lowest BCUT2D eigenvalue weighted by atomic mass is 10.1. The van der Waals surface area contributed by atoms with Crippen LogP contribution < -0.4 is 4.72 Å². The molecule has 86 valence electrons. The maximum absolute atomic E-state index is 11.0. The van der Waals surface area contributed by atoms with Crippen LogP contribution in [0.1, 0.15) is 28.1 Å². The van der Waals surface area contributed by atoms with E-state index < -0.39 is 10.0 Å². The van der Waals surface area contributed by atoms with Crippen molar-refractivity contribution >= 4 is 10.0 Å². The Hall–Kier alpha value is -0.130. The van der Waals surface area contributed by atoms with Gasteiger partial charge in [0, 0.05) is 20.1 Å². The van der Waals surface area contributed by atoms with Crippen molar-refractivity contribution in [1.82, 2.24) is 9.62 Å². The number of sulfonamides is 1. The van der Waals surface area contributed by atoms with Crippen LogP contribution in [0, 0.1) is 0 Å². The average Bonchev–Trinajstić information content (AvgIpc) is 2.01. The van der Waals surface area contributed by atoms with E-state index in [9.17, 15) is 8.42 Å². The van der Waals surface area contributed by atoms with Crippen molar-refractivity contribution in [2.24, 2.45) is 0 Å². The molecular formula is C9H22N2O2S. The van der Waals surface area contributed by atoms with Crippen molar-refractivity contribution < 1.29 is 9.84 Å². The summed E-state index contributed by atoms with van der Waals surface area (Å²) in [5.41, 5.74) is 0. The fourth-order valence-corrected chi connectivity index (χ4v) is 2.67. The molecule has 1 rings (SSSR count). The zero-order chi connectivity index (χ0) is 10.8. The van der Waals surface area contributed by atoms with Crippen molar-refractivity contribution in [2.45, 2.75) is 38.8 Å². The molecule has 1 saturated heterocycles. The van der Waals surface area contributed by atoms with E-state index in [1.165, 1.54) is 6.26 Å². The largest absolute Gasteiger partial charge is 0.299 e. The number of likely N-dealkylation sites (tertiary alicyclic amines) is 1. The molecule has 4 nitrogen and oxygen atoms in total. The van der Waals surface area contributed by atoms with Crippen LogP contribution in [0.25, 0.3) is 0 Å². The molecule has 1 aliphatic rings. The van der Waals surface area contributed by atoms with E-state index in [4.69, 9.17) is 0 Å². The van der Waals surface area contributed by atoms with Crippen molar-refractivity contribution in [2.75, 3.05) is 19.3 Å². The first-order chi connectivity index (χ1) is 6.38. The Balaban J connectivity index is 0.00000196. The molecule has 1 fully saturated rings. The minimum Gasteiger partial charge on any atom is -0.299 e. The van der Waals surface area contributed by atoms with Gasteiger partial charge in [-0.25, -0.2) is 13.1 Å². The predicted octanol–water partition coefficient (Wildman–Crippen LogP) is 0.654. The van der Waals surface area contributed by atoms with Crippen LogP contribution in [0.4, 0.5) is 0 Å². The molecule has 5 heteroatoms. The van der Waals surface area contributed by atoms with Gasteiger partial charge in [0.1, 0.15) is 0 Å². The van der Waals surface area contributed by atoms with Gasteiger partial charge in [-0.1, -0.05) is 0 Å². The van der Waals surface area contributed by atoms with Crippen LogP contribution >= 0.6 is 0 Å². The molecule has 0 bridgehead atoms. The third-order valence-electron chi connectivity index (χ3n) is 2.56. The summed E-state index contributed by atoms with van der Waals surface area (Å²) in [6.07, 6.45) is 3.25. The van der Waals surface area contributed by atoms with Crippen LogP contribution in [0.5, 0.6) is 0 Å². The third-order valence-corrected chi connectivity index (χ3v) is 3.33. The Morgan fingerprint density at radius 1 is 1.50 bits per heavy atom. The Kier molecular flexibility index (Phi) is 3.92. The second kappa shape index (κ2) is 4.59. The summed E-state index contributed by atoms with van der Waals surface area (Å²) in [5.74, 6) is 0. The lowest BCUT2D eigenvalue weighted by Crippen LogP contribution is -2.49. The minimum absolute atomic E-state index is 0. The maximum Gasteiger partial charge on any atom is 0.208 e. The Bertz CT molecular complexity index is 280. The lowest BCUT2D eigenvalue weighted by molar-refractivity contribution is 0.163. The molecule has 0 aromatic heterocycles. The third kappa shape index (κ3) is 3.94. The number of nitrogens with zero attached hydrogens (tertiary/aromatic N) is 1. The minimum atomic E-state index is -3.05. The first kappa shape index (κ1) is 11.9. The summed E-state index contributed by atoms with van der Waals surface area (Å²) in [7, 11) is -3.05. The number of nitrogens with one attached hydrogen (secondary N) is 1. The van der Waals surface area contributed by atoms with Gasteiger partial charge in [-0.15, -0.1) is 0 Å². The second-order valence-corrected chi connectivity index (χ2v) is 6.10. The lowest BCUT2D eigenvalue weighted by Gasteiger charge is -2.35. The summed E-state index contributed by atoms with van der Waals surface area (Å²) < 4.78 is 24.8. The van der Waals surface area contributed by atoms with E-state index >= 15 is 0 Å². The van der Waals surface area contributed by atoms with Crippen LogP contribution in [-0.4, -0.2) is 44.7 Å². The van der Waals surface area contributed by atoms with Gasteiger partial charge >= 0.3 is 0 Å². The molecule has 1 heterocycles. The molecular weight excluding hydrogens is 200 g/mol. The quantitative estimate of drug-likeness (QED) is 0.763. The van der Waals surface area contributed by atoms with Crippen LogP contribution in [0.3, 0.4) is 0 Å². The highest BCUT2D eigenvalue weighted by molar-refractivity contribution is 7.88.